The molecule has 1 heterocycles. The van der Waals surface area contributed by atoms with Crippen LogP contribution in [0.5, 0.6) is 0 Å². The number of aromatic nitrogens is 1. The van der Waals surface area contributed by atoms with Crippen LogP contribution in [0.4, 0.5) is 0 Å². The Morgan fingerprint density at radius 1 is 0.766 bits per heavy atom. The zero-order valence-corrected chi connectivity index (χ0v) is 26.9. The Bertz CT molecular complexity index is 1570. The number of pyridine rings is 1. The maximum Gasteiger partial charge on any atom is 0.306 e. The molecular weight excluding hydrogens is 613 g/mol. The standard InChI is InChI=1S/C36H40N6O4S/c37-34(38)30-14-11-27(12-15-30)23-40-35(44)31(17-18-33(43)46-24-28-7-3-1-4-8-28)41-36(45)32(16-13-26-19-21-39-22-20-26)42-47-25-29-9-5-2-6-10-29/h1-12,14-15,19-22,31-32,42H,13,16-18,23-25H2,(H3,37,38)(H,40,44)(H,41,45). The van der Waals surface area contributed by atoms with E-state index in [1.54, 1.807) is 36.7 Å². The molecule has 4 aromatic rings. The zero-order chi connectivity index (χ0) is 33.3. The third-order valence-electron chi connectivity index (χ3n) is 7.34. The number of rotatable bonds is 18. The summed E-state index contributed by atoms with van der Waals surface area (Å²) >= 11 is 1.42. The molecule has 0 aliphatic rings. The molecule has 0 bridgehead atoms. The van der Waals surface area contributed by atoms with E-state index >= 15 is 0 Å². The molecule has 3 aromatic carbocycles. The van der Waals surface area contributed by atoms with Gasteiger partial charge < -0.3 is 21.1 Å². The molecule has 0 fully saturated rings. The maximum atomic E-state index is 13.7. The van der Waals surface area contributed by atoms with E-state index in [-0.39, 0.29) is 37.7 Å². The fourth-order valence-electron chi connectivity index (χ4n) is 4.63. The number of nitrogen functional groups attached to an aromatic ring is 1. The van der Waals surface area contributed by atoms with Gasteiger partial charge in [0.25, 0.3) is 0 Å². The summed E-state index contributed by atoms with van der Waals surface area (Å²) < 4.78 is 8.72. The first kappa shape index (κ1) is 34.9. The summed E-state index contributed by atoms with van der Waals surface area (Å²) in [6.07, 6.45) is 4.53. The van der Waals surface area contributed by atoms with Crippen LogP contribution < -0.4 is 21.1 Å². The number of carbonyl (C=O) groups is 3. The monoisotopic (exact) mass is 652 g/mol. The summed E-state index contributed by atoms with van der Waals surface area (Å²) in [5.74, 6) is -0.625. The molecule has 0 spiro atoms. The van der Waals surface area contributed by atoms with E-state index in [0.717, 1.165) is 22.3 Å². The van der Waals surface area contributed by atoms with Crippen molar-refractivity contribution in [2.75, 3.05) is 0 Å². The van der Waals surface area contributed by atoms with Crippen molar-refractivity contribution in [2.45, 2.75) is 56.7 Å². The molecule has 11 heteroatoms. The van der Waals surface area contributed by atoms with Crippen molar-refractivity contribution in [1.82, 2.24) is 20.3 Å². The van der Waals surface area contributed by atoms with Gasteiger partial charge in [-0.2, -0.15) is 0 Å². The highest BCUT2D eigenvalue weighted by atomic mass is 32.2. The Labute approximate surface area is 279 Å². The average molecular weight is 653 g/mol. The quantitative estimate of drug-likeness (QED) is 0.0457. The lowest BCUT2D eigenvalue weighted by atomic mass is 10.0. The fraction of sp³-hybridized carbons (Fsp3) is 0.250. The van der Waals surface area contributed by atoms with Crippen LogP contribution in [-0.4, -0.2) is 40.7 Å². The predicted octanol–water partition coefficient (Wildman–Crippen LogP) is 4.43. The van der Waals surface area contributed by atoms with Gasteiger partial charge in [-0.25, -0.2) is 0 Å². The second kappa shape index (κ2) is 18.8. The number of hydrogen-bond acceptors (Lipinski definition) is 8. The van der Waals surface area contributed by atoms with E-state index in [1.165, 1.54) is 11.9 Å². The molecule has 47 heavy (non-hydrogen) atoms. The molecule has 0 aliphatic heterocycles. The van der Waals surface area contributed by atoms with Gasteiger partial charge in [-0.1, -0.05) is 96.9 Å². The Morgan fingerprint density at radius 3 is 2.09 bits per heavy atom. The smallest absolute Gasteiger partial charge is 0.306 e. The molecule has 2 amide bonds. The molecule has 2 unspecified atom stereocenters. The van der Waals surface area contributed by atoms with E-state index in [9.17, 15) is 14.4 Å². The Morgan fingerprint density at radius 2 is 1.43 bits per heavy atom. The number of nitrogens with zero attached hydrogens (tertiary/aromatic N) is 1. The number of carbonyl (C=O) groups excluding carboxylic acids is 3. The molecule has 0 aliphatic carbocycles. The summed E-state index contributed by atoms with van der Waals surface area (Å²) in [4.78, 5) is 43.9. The number of nitrogens with one attached hydrogen (secondary N) is 4. The summed E-state index contributed by atoms with van der Waals surface area (Å²) in [6.45, 7) is 0.317. The first-order valence-corrected chi connectivity index (χ1v) is 16.4. The van der Waals surface area contributed by atoms with Crippen molar-refractivity contribution >= 4 is 35.6 Å². The number of amides is 2. The van der Waals surface area contributed by atoms with Gasteiger partial charge in [-0.15, -0.1) is 0 Å². The summed E-state index contributed by atoms with van der Waals surface area (Å²) in [7, 11) is 0. The van der Waals surface area contributed by atoms with E-state index in [4.69, 9.17) is 15.9 Å². The van der Waals surface area contributed by atoms with Crippen LogP contribution in [0.1, 0.15) is 47.1 Å². The lowest BCUT2D eigenvalue weighted by Crippen LogP contribution is -2.52. The zero-order valence-electron chi connectivity index (χ0n) is 26.1. The molecule has 244 valence electrons. The highest BCUT2D eigenvalue weighted by molar-refractivity contribution is 7.96. The molecule has 10 nitrogen and oxygen atoms in total. The van der Waals surface area contributed by atoms with Crippen LogP contribution >= 0.6 is 11.9 Å². The van der Waals surface area contributed by atoms with E-state index < -0.39 is 24.0 Å². The maximum absolute atomic E-state index is 13.7. The van der Waals surface area contributed by atoms with Crippen molar-refractivity contribution < 1.29 is 19.1 Å². The first-order valence-electron chi connectivity index (χ1n) is 15.4. The molecule has 0 saturated carbocycles. The second-order valence-corrected chi connectivity index (χ2v) is 11.7. The number of hydrogen-bond donors (Lipinski definition) is 5. The van der Waals surface area contributed by atoms with Gasteiger partial charge in [-0.3, -0.25) is 29.5 Å². The molecule has 2 atom stereocenters. The minimum Gasteiger partial charge on any atom is -0.461 e. The third kappa shape index (κ3) is 12.4. The Balaban J connectivity index is 1.41. The minimum atomic E-state index is -0.979. The van der Waals surface area contributed by atoms with Crippen molar-refractivity contribution in [3.8, 4) is 0 Å². The molecule has 4 rings (SSSR count). The van der Waals surface area contributed by atoms with Crippen molar-refractivity contribution in [3.05, 3.63) is 137 Å². The van der Waals surface area contributed by atoms with Gasteiger partial charge in [0.05, 0.1) is 6.04 Å². The highest BCUT2D eigenvalue weighted by Crippen LogP contribution is 2.14. The summed E-state index contributed by atoms with van der Waals surface area (Å²) in [6, 6.07) is 28.4. The molecular formula is C36H40N6O4S. The van der Waals surface area contributed by atoms with Crippen LogP contribution in [0.3, 0.4) is 0 Å². The van der Waals surface area contributed by atoms with Crippen molar-refractivity contribution in [1.29, 1.82) is 5.41 Å². The number of esters is 1. The topological polar surface area (TPSA) is 159 Å². The lowest BCUT2D eigenvalue weighted by molar-refractivity contribution is -0.145. The Hall–Kier alpha value is -5.00. The number of amidine groups is 1. The van der Waals surface area contributed by atoms with Crippen LogP contribution in [0.15, 0.2) is 109 Å². The average Bonchev–Trinajstić information content (AvgIpc) is 3.11. The van der Waals surface area contributed by atoms with Crippen LogP contribution in [-0.2, 0) is 44.4 Å². The fourth-order valence-corrected chi connectivity index (χ4v) is 5.50. The predicted molar refractivity (Wildman–Crippen MR) is 184 cm³/mol. The number of nitrogens with two attached hydrogens (primary N) is 1. The number of ether oxygens (including phenoxy) is 1. The lowest BCUT2D eigenvalue weighted by Gasteiger charge is -2.23. The summed E-state index contributed by atoms with van der Waals surface area (Å²) in [5, 5.41) is 13.3. The molecule has 0 saturated heterocycles. The SMILES string of the molecule is N=C(N)c1ccc(CNC(=O)C(CCC(=O)OCc2ccccc2)NC(=O)C(CCc2ccncc2)NSCc2ccccc2)cc1. The second-order valence-electron chi connectivity index (χ2n) is 10.9. The van der Waals surface area contributed by atoms with Gasteiger partial charge in [0.1, 0.15) is 18.5 Å². The Kier molecular flexibility index (Phi) is 14.0. The minimum absolute atomic E-state index is 0.0449. The molecule has 0 radical (unpaired) electrons. The number of aryl methyl sites for hydroxylation is 1. The normalized spacial score (nSPS) is 12.0. The van der Waals surface area contributed by atoms with Crippen LogP contribution in [0, 0.1) is 5.41 Å². The molecule has 6 N–H and O–H groups in total. The van der Waals surface area contributed by atoms with Crippen LogP contribution in [0.2, 0.25) is 0 Å². The molecule has 1 aromatic heterocycles. The van der Waals surface area contributed by atoms with Crippen molar-refractivity contribution in [3.63, 3.8) is 0 Å². The number of benzene rings is 3. The van der Waals surface area contributed by atoms with Gasteiger partial charge >= 0.3 is 5.97 Å². The van der Waals surface area contributed by atoms with Crippen LogP contribution in [0.25, 0.3) is 0 Å². The van der Waals surface area contributed by atoms with Gasteiger partial charge in [0, 0.05) is 36.7 Å². The van der Waals surface area contributed by atoms with E-state index in [0.29, 0.717) is 24.2 Å². The van der Waals surface area contributed by atoms with Gasteiger partial charge in [0.15, 0.2) is 0 Å². The highest BCUT2D eigenvalue weighted by Gasteiger charge is 2.26. The van der Waals surface area contributed by atoms with Gasteiger partial charge in [0.2, 0.25) is 11.8 Å². The first-order chi connectivity index (χ1) is 22.9. The van der Waals surface area contributed by atoms with E-state index in [1.807, 2.05) is 72.8 Å². The largest absolute Gasteiger partial charge is 0.461 e. The third-order valence-corrected chi connectivity index (χ3v) is 8.27. The summed E-state index contributed by atoms with van der Waals surface area (Å²) in [5.41, 5.74) is 9.93. The van der Waals surface area contributed by atoms with Gasteiger partial charge in [-0.05, 0) is 53.6 Å². The van der Waals surface area contributed by atoms with Crippen molar-refractivity contribution in [2.24, 2.45) is 5.73 Å². The van der Waals surface area contributed by atoms with E-state index in [2.05, 4.69) is 20.3 Å².